The number of aryl methyl sites for hydroxylation is 1. The van der Waals surface area contributed by atoms with Gasteiger partial charge in [-0.3, -0.25) is 9.80 Å². The molecule has 1 aromatic carbocycles. The number of benzene rings is 1. The van der Waals surface area contributed by atoms with Crippen LogP contribution >= 0.6 is 11.8 Å². The highest BCUT2D eigenvalue weighted by atomic mass is 32.2. The van der Waals surface area contributed by atoms with Crippen molar-refractivity contribution in [3.63, 3.8) is 0 Å². The molecule has 0 radical (unpaired) electrons. The first-order valence-corrected chi connectivity index (χ1v) is 11.0. The topological polar surface area (TPSA) is 26.7 Å². The largest absolute Gasteiger partial charge is 0.390 e. The molecule has 4 heteroatoms. The fourth-order valence-corrected chi connectivity index (χ4v) is 4.94. The molecule has 0 aliphatic carbocycles. The molecule has 0 atom stereocenters. The highest BCUT2D eigenvalue weighted by Crippen LogP contribution is 2.23. The Morgan fingerprint density at radius 1 is 1.00 bits per heavy atom. The number of hydrogen-bond acceptors (Lipinski definition) is 4. The second-order valence-electron chi connectivity index (χ2n) is 8.28. The molecule has 25 heavy (non-hydrogen) atoms. The lowest BCUT2D eigenvalue weighted by Gasteiger charge is -2.40. The molecule has 1 aromatic rings. The minimum Gasteiger partial charge on any atom is -0.390 e. The van der Waals surface area contributed by atoms with Crippen molar-refractivity contribution in [2.45, 2.75) is 57.7 Å². The molecule has 140 valence electrons. The maximum absolute atomic E-state index is 9.85. The number of hydrogen-bond donors (Lipinski definition) is 1. The van der Waals surface area contributed by atoms with E-state index in [4.69, 9.17) is 0 Å². The summed E-state index contributed by atoms with van der Waals surface area (Å²) in [5.41, 5.74) is 2.16. The second-order valence-corrected chi connectivity index (χ2v) is 9.51. The van der Waals surface area contributed by atoms with Crippen LogP contribution in [0.25, 0.3) is 0 Å². The van der Waals surface area contributed by atoms with E-state index in [9.17, 15) is 5.11 Å². The van der Waals surface area contributed by atoms with Gasteiger partial charge in [0, 0.05) is 38.8 Å². The van der Waals surface area contributed by atoms with Gasteiger partial charge < -0.3 is 5.11 Å². The lowest BCUT2D eigenvalue weighted by molar-refractivity contribution is 0.0714. The molecule has 1 N–H and O–H groups in total. The smallest absolute Gasteiger partial charge is 0.0594 e. The van der Waals surface area contributed by atoms with Crippen LogP contribution in [0, 0.1) is 0 Å². The van der Waals surface area contributed by atoms with Gasteiger partial charge in [-0.05, 0) is 62.2 Å². The van der Waals surface area contributed by atoms with E-state index in [-0.39, 0.29) is 0 Å². The maximum Gasteiger partial charge on any atom is 0.0594 e. The van der Waals surface area contributed by atoms with Crippen LogP contribution in [0.5, 0.6) is 0 Å². The Kier molecular flexibility index (Phi) is 6.84. The minimum absolute atomic E-state index is 0.574. The Morgan fingerprint density at radius 2 is 1.60 bits per heavy atom. The second kappa shape index (κ2) is 8.90. The molecule has 2 saturated heterocycles. The maximum atomic E-state index is 9.85. The van der Waals surface area contributed by atoms with Crippen LogP contribution in [-0.2, 0) is 13.0 Å². The average molecular weight is 363 g/mol. The van der Waals surface area contributed by atoms with Crippen molar-refractivity contribution in [1.29, 1.82) is 0 Å². The van der Waals surface area contributed by atoms with Gasteiger partial charge in [0.2, 0.25) is 0 Å². The van der Waals surface area contributed by atoms with Crippen molar-refractivity contribution in [2.75, 3.05) is 37.7 Å². The highest BCUT2D eigenvalue weighted by Gasteiger charge is 2.25. The molecule has 2 fully saturated rings. The van der Waals surface area contributed by atoms with Crippen LogP contribution in [0.15, 0.2) is 24.3 Å². The summed E-state index contributed by atoms with van der Waals surface area (Å²) in [6.45, 7) is 9.70. The van der Waals surface area contributed by atoms with Crippen molar-refractivity contribution in [3.8, 4) is 0 Å². The Bertz CT molecular complexity index is 512. The van der Waals surface area contributed by atoms with E-state index in [1.54, 1.807) is 0 Å². The molecule has 3 rings (SSSR count). The van der Waals surface area contributed by atoms with Gasteiger partial charge in [0.05, 0.1) is 5.60 Å². The minimum atomic E-state index is -0.574. The molecule has 2 aliphatic heterocycles. The van der Waals surface area contributed by atoms with Gasteiger partial charge in [-0.15, -0.1) is 0 Å². The van der Waals surface area contributed by atoms with Crippen molar-refractivity contribution in [2.24, 2.45) is 0 Å². The summed E-state index contributed by atoms with van der Waals surface area (Å²) in [4.78, 5) is 5.33. The zero-order valence-electron chi connectivity index (χ0n) is 15.9. The van der Waals surface area contributed by atoms with Crippen molar-refractivity contribution >= 4 is 11.8 Å². The number of piperazine rings is 1. The quantitative estimate of drug-likeness (QED) is 0.839. The molecular weight excluding hydrogens is 328 g/mol. The van der Waals surface area contributed by atoms with E-state index in [0.717, 1.165) is 25.4 Å². The van der Waals surface area contributed by atoms with Gasteiger partial charge >= 0.3 is 0 Å². The molecule has 3 nitrogen and oxygen atoms in total. The van der Waals surface area contributed by atoms with E-state index in [1.165, 1.54) is 61.7 Å². The Morgan fingerprint density at radius 3 is 2.20 bits per heavy atom. The molecule has 0 aromatic heterocycles. The van der Waals surface area contributed by atoms with Gasteiger partial charge in [-0.25, -0.2) is 0 Å². The van der Waals surface area contributed by atoms with Crippen LogP contribution in [0.1, 0.15) is 44.2 Å². The molecule has 0 saturated carbocycles. The van der Waals surface area contributed by atoms with E-state index in [0.29, 0.717) is 0 Å². The summed E-state index contributed by atoms with van der Waals surface area (Å²) in [5.74, 6) is 2.70. The first kappa shape index (κ1) is 19.2. The predicted octanol–water partition coefficient (Wildman–Crippen LogP) is 3.40. The fourth-order valence-electron chi connectivity index (χ4n) is 3.86. The molecular formula is C21H34N2OS. The molecule has 2 heterocycles. The number of nitrogens with zero attached hydrogens (tertiary/aromatic N) is 2. The SMILES string of the molecule is CC(C)(O)CCc1ccc(CN2CCN(C3CCSCC3)CC2)cc1. The third kappa shape index (κ3) is 6.28. The van der Waals surface area contributed by atoms with Gasteiger partial charge in [-0.2, -0.15) is 11.8 Å². The summed E-state index contributed by atoms with van der Waals surface area (Å²) in [7, 11) is 0. The predicted molar refractivity (Wildman–Crippen MR) is 108 cm³/mol. The monoisotopic (exact) mass is 362 g/mol. The van der Waals surface area contributed by atoms with Gasteiger partial charge in [0.15, 0.2) is 0 Å². The summed E-state index contributed by atoms with van der Waals surface area (Å²) in [5, 5.41) is 9.85. The standard InChI is InChI=1S/C21H34N2OS/c1-21(2,24)10-7-18-3-5-19(6-4-18)17-22-11-13-23(14-12-22)20-8-15-25-16-9-20/h3-6,20,24H,7-17H2,1-2H3. The van der Waals surface area contributed by atoms with Crippen LogP contribution in [0.3, 0.4) is 0 Å². The Hall–Kier alpha value is -0.550. The van der Waals surface area contributed by atoms with Crippen LogP contribution in [0.2, 0.25) is 0 Å². The summed E-state index contributed by atoms with van der Waals surface area (Å²) < 4.78 is 0. The molecule has 0 unspecified atom stereocenters. The third-order valence-electron chi connectivity index (χ3n) is 5.57. The Balaban J connectivity index is 1.42. The van der Waals surface area contributed by atoms with E-state index in [2.05, 4.69) is 45.8 Å². The molecule has 0 amide bonds. The summed E-state index contributed by atoms with van der Waals surface area (Å²) in [6, 6.07) is 9.85. The van der Waals surface area contributed by atoms with Crippen molar-refractivity contribution in [1.82, 2.24) is 9.80 Å². The zero-order valence-corrected chi connectivity index (χ0v) is 16.7. The van der Waals surface area contributed by atoms with Gasteiger partial charge in [0.25, 0.3) is 0 Å². The molecule has 2 aliphatic rings. The lowest BCUT2D eigenvalue weighted by atomic mass is 9.98. The molecule has 0 spiro atoms. The Labute approximate surface area is 157 Å². The fraction of sp³-hybridized carbons (Fsp3) is 0.714. The van der Waals surface area contributed by atoms with E-state index < -0.39 is 5.60 Å². The lowest BCUT2D eigenvalue weighted by Crippen LogP contribution is -2.50. The normalized spacial score (nSPS) is 21.6. The first-order chi connectivity index (χ1) is 12.0. The molecule has 0 bridgehead atoms. The first-order valence-electron chi connectivity index (χ1n) is 9.84. The third-order valence-corrected chi connectivity index (χ3v) is 6.62. The highest BCUT2D eigenvalue weighted by molar-refractivity contribution is 7.99. The number of aliphatic hydroxyl groups is 1. The van der Waals surface area contributed by atoms with Crippen LogP contribution < -0.4 is 0 Å². The van der Waals surface area contributed by atoms with Crippen molar-refractivity contribution < 1.29 is 5.11 Å². The van der Waals surface area contributed by atoms with Crippen molar-refractivity contribution in [3.05, 3.63) is 35.4 Å². The summed E-state index contributed by atoms with van der Waals surface area (Å²) >= 11 is 2.12. The number of rotatable bonds is 6. The van der Waals surface area contributed by atoms with Gasteiger partial charge in [0.1, 0.15) is 0 Å². The van der Waals surface area contributed by atoms with Crippen LogP contribution in [-0.4, -0.2) is 64.2 Å². The number of thioether (sulfide) groups is 1. The van der Waals surface area contributed by atoms with E-state index in [1.807, 2.05) is 13.8 Å². The van der Waals surface area contributed by atoms with Crippen LogP contribution in [0.4, 0.5) is 0 Å². The van der Waals surface area contributed by atoms with Gasteiger partial charge in [-0.1, -0.05) is 24.3 Å². The summed E-state index contributed by atoms with van der Waals surface area (Å²) in [6.07, 6.45) is 4.53. The van der Waals surface area contributed by atoms with E-state index >= 15 is 0 Å². The average Bonchev–Trinajstić information content (AvgIpc) is 2.62. The zero-order chi connectivity index (χ0) is 17.7.